The molecule has 0 bridgehead atoms. The first-order valence-corrected chi connectivity index (χ1v) is 7.19. The molecule has 19 heavy (non-hydrogen) atoms. The first kappa shape index (κ1) is 12.9. The number of nitrogens with zero attached hydrogens (tertiary/aromatic N) is 3. The smallest absolute Gasteiger partial charge is 0.0562 e. The van der Waals surface area contributed by atoms with E-state index in [0.29, 0.717) is 5.92 Å². The summed E-state index contributed by atoms with van der Waals surface area (Å²) in [4.78, 5) is 2.42. The van der Waals surface area contributed by atoms with Crippen LogP contribution in [0.2, 0.25) is 0 Å². The molecule has 3 rings (SSSR count). The largest absolute Gasteiger partial charge is 0.380 e. The van der Waals surface area contributed by atoms with E-state index in [9.17, 15) is 0 Å². The van der Waals surface area contributed by atoms with Gasteiger partial charge in [-0.2, -0.15) is 5.10 Å². The van der Waals surface area contributed by atoms with Gasteiger partial charge in [0.25, 0.3) is 0 Å². The Balaban J connectivity index is 1.68. The van der Waals surface area contributed by atoms with Gasteiger partial charge in [-0.25, -0.2) is 0 Å². The van der Waals surface area contributed by atoms with Gasteiger partial charge in [-0.3, -0.25) is 9.58 Å². The maximum atomic E-state index is 5.91. The van der Waals surface area contributed by atoms with Crippen LogP contribution < -0.4 is 0 Å². The summed E-state index contributed by atoms with van der Waals surface area (Å²) >= 11 is 0. The molecule has 1 aliphatic heterocycles. The zero-order valence-electron chi connectivity index (χ0n) is 11.7. The van der Waals surface area contributed by atoms with E-state index in [4.69, 9.17) is 4.74 Å². The van der Waals surface area contributed by atoms with Gasteiger partial charge in [-0.05, 0) is 18.8 Å². The molecule has 4 nitrogen and oxygen atoms in total. The molecule has 0 aromatic carbocycles. The van der Waals surface area contributed by atoms with Crippen LogP contribution in [-0.2, 0) is 18.3 Å². The van der Waals surface area contributed by atoms with Gasteiger partial charge in [-0.15, -0.1) is 6.58 Å². The van der Waals surface area contributed by atoms with Crippen LogP contribution in [-0.4, -0.2) is 41.0 Å². The van der Waals surface area contributed by atoms with E-state index in [1.54, 1.807) is 0 Å². The summed E-state index contributed by atoms with van der Waals surface area (Å²) in [5.74, 6) is 1.27. The van der Waals surface area contributed by atoms with Gasteiger partial charge in [-0.1, -0.05) is 6.08 Å². The third-order valence-corrected chi connectivity index (χ3v) is 4.08. The summed E-state index contributed by atoms with van der Waals surface area (Å²) in [6.07, 6.45) is 6.68. The molecule has 2 aliphatic rings. The molecule has 1 aromatic heterocycles. The van der Waals surface area contributed by atoms with E-state index in [1.165, 1.54) is 24.1 Å². The lowest BCUT2D eigenvalue weighted by Crippen LogP contribution is -2.36. The van der Waals surface area contributed by atoms with E-state index < -0.39 is 0 Å². The van der Waals surface area contributed by atoms with Crippen LogP contribution in [0.15, 0.2) is 18.9 Å². The van der Waals surface area contributed by atoms with Gasteiger partial charge in [0.2, 0.25) is 0 Å². The fourth-order valence-corrected chi connectivity index (χ4v) is 2.96. The Hall–Kier alpha value is -1.13. The van der Waals surface area contributed by atoms with Crippen LogP contribution in [0.25, 0.3) is 0 Å². The Kier molecular flexibility index (Phi) is 3.71. The van der Waals surface area contributed by atoms with Crippen LogP contribution in [0, 0.1) is 5.92 Å². The number of ether oxygens (including phenoxy) is 1. The number of aromatic nitrogens is 2. The van der Waals surface area contributed by atoms with Crippen molar-refractivity contribution in [2.75, 3.05) is 26.3 Å². The molecular formula is C15H23N3O. The summed E-state index contributed by atoms with van der Waals surface area (Å²) < 4.78 is 7.93. The van der Waals surface area contributed by atoms with Crippen LogP contribution in [0.5, 0.6) is 0 Å². The summed E-state index contributed by atoms with van der Waals surface area (Å²) in [7, 11) is 2.04. The van der Waals surface area contributed by atoms with Gasteiger partial charge in [0.05, 0.1) is 12.8 Å². The second-order valence-electron chi connectivity index (χ2n) is 5.84. The van der Waals surface area contributed by atoms with Crippen molar-refractivity contribution in [2.24, 2.45) is 13.0 Å². The molecule has 0 N–H and O–H groups in total. The standard InChI is InChI=1S/C15H23N3O/c1-3-6-18-8-13-7-16-17(2)15(13)14(9-18)11-19-10-12-4-5-12/h3,7,12,14H,1,4-6,8-11H2,2H3/t14-/m0/s1. The van der Waals surface area contributed by atoms with Gasteiger partial charge in [0, 0.05) is 50.5 Å². The van der Waals surface area contributed by atoms with Crippen LogP contribution in [0.4, 0.5) is 0 Å². The topological polar surface area (TPSA) is 30.3 Å². The molecule has 0 saturated heterocycles. The second kappa shape index (κ2) is 5.47. The maximum Gasteiger partial charge on any atom is 0.0562 e. The van der Waals surface area contributed by atoms with Crippen molar-refractivity contribution in [2.45, 2.75) is 25.3 Å². The summed E-state index contributed by atoms with van der Waals surface area (Å²) in [6.45, 7) is 8.56. The minimum absolute atomic E-state index is 0.440. The quantitative estimate of drug-likeness (QED) is 0.733. The summed E-state index contributed by atoms with van der Waals surface area (Å²) in [6, 6.07) is 0. The van der Waals surface area contributed by atoms with Crippen molar-refractivity contribution in [1.29, 1.82) is 0 Å². The molecule has 0 radical (unpaired) electrons. The Morgan fingerprint density at radius 3 is 3.05 bits per heavy atom. The van der Waals surface area contributed by atoms with E-state index in [0.717, 1.165) is 38.8 Å². The number of hydrogen-bond donors (Lipinski definition) is 0. The zero-order chi connectivity index (χ0) is 13.2. The third-order valence-electron chi connectivity index (χ3n) is 4.08. The number of fused-ring (bicyclic) bond motifs is 1. The lowest BCUT2D eigenvalue weighted by Gasteiger charge is -2.32. The molecule has 1 saturated carbocycles. The molecule has 1 aromatic rings. The Morgan fingerprint density at radius 2 is 2.32 bits per heavy atom. The van der Waals surface area contributed by atoms with Gasteiger partial charge >= 0.3 is 0 Å². The lowest BCUT2D eigenvalue weighted by molar-refractivity contribution is 0.0909. The van der Waals surface area contributed by atoms with Crippen molar-refractivity contribution >= 4 is 0 Å². The average Bonchev–Trinajstić information content (AvgIpc) is 3.13. The summed E-state index contributed by atoms with van der Waals surface area (Å²) in [5, 5.41) is 4.41. The molecular weight excluding hydrogens is 238 g/mol. The molecule has 1 atom stereocenters. The minimum Gasteiger partial charge on any atom is -0.380 e. The van der Waals surface area contributed by atoms with Crippen LogP contribution in [0.1, 0.15) is 30.0 Å². The molecule has 104 valence electrons. The van der Waals surface area contributed by atoms with E-state index in [2.05, 4.69) is 16.6 Å². The van der Waals surface area contributed by atoms with Gasteiger partial charge in [0.1, 0.15) is 0 Å². The average molecular weight is 261 g/mol. The normalized spacial score (nSPS) is 23.3. The third kappa shape index (κ3) is 2.90. The molecule has 4 heteroatoms. The SMILES string of the molecule is C=CCN1Cc2cnn(C)c2[C@H](COCC2CC2)C1. The minimum atomic E-state index is 0.440. The maximum absolute atomic E-state index is 5.91. The van der Waals surface area contributed by atoms with Crippen molar-refractivity contribution < 1.29 is 4.74 Å². The van der Waals surface area contributed by atoms with Crippen LogP contribution in [0.3, 0.4) is 0 Å². The fourth-order valence-electron chi connectivity index (χ4n) is 2.96. The molecule has 1 fully saturated rings. The van der Waals surface area contributed by atoms with Gasteiger partial charge in [0.15, 0.2) is 0 Å². The zero-order valence-corrected chi connectivity index (χ0v) is 11.7. The Morgan fingerprint density at radius 1 is 1.47 bits per heavy atom. The Bertz CT molecular complexity index is 450. The summed E-state index contributed by atoms with van der Waals surface area (Å²) in [5.41, 5.74) is 2.70. The highest BCUT2D eigenvalue weighted by molar-refractivity contribution is 5.25. The highest BCUT2D eigenvalue weighted by atomic mass is 16.5. The van der Waals surface area contributed by atoms with Crippen LogP contribution >= 0.6 is 0 Å². The number of rotatable bonds is 6. The Labute approximate surface area is 115 Å². The molecule has 1 aliphatic carbocycles. The van der Waals surface area contributed by atoms with Crippen molar-refractivity contribution in [3.8, 4) is 0 Å². The monoisotopic (exact) mass is 261 g/mol. The molecule has 0 unspecified atom stereocenters. The van der Waals surface area contributed by atoms with Gasteiger partial charge < -0.3 is 4.74 Å². The first-order chi connectivity index (χ1) is 9.28. The van der Waals surface area contributed by atoms with E-state index >= 15 is 0 Å². The van der Waals surface area contributed by atoms with Crippen molar-refractivity contribution in [1.82, 2.24) is 14.7 Å². The highest BCUT2D eigenvalue weighted by Gasteiger charge is 2.29. The lowest BCUT2D eigenvalue weighted by atomic mass is 9.97. The highest BCUT2D eigenvalue weighted by Crippen LogP contribution is 2.31. The van der Waals surface area contributed by atoms with Crippen molar-refractivity contribution in [3.63, 3.8) is 0 Å². The van der Waals surface area contributed by atoms with E-state index in [-0.39, 0.29) is 0 Å². The second-order valence-corrected chi connectivity index (χ2v) is 5.84. The molecule has 0 amide bonds. The van der Waals surface area contributed by atoms with E-state index in [1.807, 2.05) is 24.0 Å². The predicted molar refractivity (Wildman–Crippen MR) is 75.0 cm³/mol. The van der Waals surface area contributed by atoms with Crippen molar-refractivity contribution in [3.05, 3.63) is 30.1 Å². The number of hydrogen-bond acceptors (Lipinski definition) is 3. The molecule has 2 heterocycles. The number of aryl methyl sites for hydroxylation is 1. The first-order valence-electron chi connectivity index (χ1n) is 7.19. The molecule has 0 spiro atoms. The predicted octanol–water partition coefficient (Wildman–Crippen LogP) is 1.93. The fraction of sp³-hybridized carbons (Fsp3) is 0.667.